The molecule has 3 aromatic rings. The van der Waals surface area contributed by atoms with E-state index in [0.29, 0.717) is 28.7 Å². The second-order valence-corrected chi connectivity index (χ2v) is 8.31. The number of esters is 1. The van der Waals surface area contributed by atoms with E-state index in [2.05, 4.69) is 11.9 Å². The molecule has 1 N–H and O–H groups in total. The van der Waals surface area contributed by atoms with E-state index < -0.39 is 0 Å². The van der Waals surface area contributed by atoms with E-state index in [1.165, 1.54) is 4.88 Å². The summed E-state index contributed by atoms with van der Waals surface area (Å²) in [6, 6.07) is 11.4. The summed E-state index contributed by atoms with van der Waals surface area (Å²) in [6.45, 7) is 4.40. The Bertz CT molecular complexity index is 1070. The van der Waals surface area contributed by atoms with Gasteiger partial charge < -0.3 is 9.84 Å². The number of hydrogen-bond acceptors (Lipinski definition) is 5. The first-order valence-electron chi connectivity index (χ1n) is 9.65. The van der Waals surface area contributed by atoms with E-state index in [-0.39, 0.29) is 11.7 Å². The smallest absolute Gasteiger partial charge is 0.341 e. The van der Waals surface area contributed by atoms with E-state index in [9.17, 15) is 9.90 Å². The Kier molecular flexibility index (Phi) is 5.18. The molecule has 1 heterocycles. The Balaban J connectivity index is 1.80. The van der Waals surface area contributed by atoms with Crippen molar-refractivity contribution in [1.29, 1.82) is 0 Å². The summed E-state index contributed by atoms with van der Waals surface area (Å²) < 4.78 is 5.31. The summed E-state index contributed by atoms with van der Waals surface area (Å²) in [5.41, 5.74) is 2.35. The van der Waals surface area contributed by atoms with Gasteiger partial charge in [-0.3, -0.25) is 0 Å². The van der Waals surface area contributed by atoms with E-state index in [0.717, 1.165) is 35.6 Å². The van der Waals surface area contributed by atoms with Gasteiger partial charge in [0, 0.05) is 16.7 Å². The van der Waals surface area contributed by atoms with Gasteiger partial charge in [-0.15, -0.1) is 11.3 Å². The fourth-order valence-electron chi connectivity index (χ4n) is 3.78. The molecule has 0 fully saturated rings. The molecule has 0 saturated heterocycles. The molecule has 0 aliphatic heterocycles. The standard InChI is InChI=1S/C23H23NO3S/c1-3-27-23(26)21-17-10-8-14(2)12-20(17)28-22(21)24-13-18-16-7-5-4-6-15(16)9-11-19(18)25/h4-7,9,11,13-14,25H,3,8,10,12H2,1-2H3/t14-/m1/s1. The van der Waals surface area contributed by atoms with Crippen molar-refractivity contribution in [2.24, 2.45) is 10.9 Å². The fourth-order valence-corrected chi connectivity index (χ4v) is 5.13. The average molecular weight is 394 g/mol. The molecule has 0 radical (unpaired) electrons. The van der Waals surface area contributed by atoms with Gasteiger partial charge in [-0.1, -0.05) is 37.3 Å². The van der Waals surface area contributed by atoms with Gasteiger partial charge in [0.05, 0.1) is 12.2 Å². The lowest BCUT2D eigenvalue weighted by Gasteiger charge is -2.18. The van der Waals surface area contributed by atoms with Crippen molar-refractivity contribution < 1.29 is 14.6 Å². The molecule has 0 saturated carbocycles. The molecule has 144 valence electrons. The molecule has 5 heteroatoms. The fraction of sp³-hybridized carbons (Fsp3) is 0.304. The van der Waals surface area contributed by atoms with Crippen LogP contribution in [0.2, 0.25) is 0 Å². The van der Waals surface area contributed by atoms with Crippen LogP contribution in [-0.4, -0.2) is 23.9 Å². The zero-order valence-corrected chi connectivity index (χ0v) is 16.9. The van der Waals surface area contributed by atoms with Crippen LogP contribution in [0.3, 0.4) is 0 Å². The summed E-state index contributed by atoms with van der Waals surface area (Å²) in [5.74, 6) is 0.485. The highest BCUT2D eigenvalue weighted by molar-refractivity contribution is 7.16. The zero-order valence-electron chi connectivity index (χ0n) is 16.1. The number of phenols is 1. The largest absolute Gasteiger partial charge is 0.507 e. The van der Waals surface area contributed by atoms with Crippen molar-refractivity contribution >= 4 is 39.3 Å². The number of phenolic OH excluding ortho intramolecular Hbond substituents is 1. The Morgan fingerprint density at radius 3 is 2.96 bits per heavy atom. The summed E-state index contributed by atoms with van der Waals surface area (Å²) in [6.07, 6.45) is 4.60. The molecule has 0 bridgehead atoms. The van der Waals surface area contributed by atoms with Crippen LogP contribution in [0.5, 0.6) is 5.75 Å². The lowest BCUT2D eigenvalue weighted by molar-refractivity contribution is 0.0526. The molecular weight excluding hydrogens is 370 g/mol. The Morgan fingerprint density at radius 1 is 1.32 bits per heavy atom. The number of aromatic hydroxyl groups is 1. The molecule has 4 rings (SSSR count). The third kappa shape index (κ3) is 3.42. The van der Waals surface area contributed by atoms with Crippen LogP contribution in [0.15, 0.2) is 41.4 Å². The second-order valence-electron chi connectivity index (χ2n) is 7.23. The molecular formula is C23H23NO3S. The first-order valence-corrected chi connectivity index (χ1v) is 10.5. The van der Waals surface area contributed by atoms with Crippen molar-refractivity contribution in [2.45, 2.75) is 33.1 Å². The van der Waals surface area contributed by atoms with Gasteiger partial charge in [0.15, 0.2) is 0 Å². The minimum atomic E-state index is -0.302. The van der Waals surface area contributed by atoms with Crippen molar-refractivity contribution in [2.75, 3.05) is 6.61 Å². The molecule has 1 aliphatic carbocycles. The predicted molar refractivity (Wildman–Crippen MR) is 114 cm³/mol. The molecule has 1 aliphatic rings. The van der Waals surface area contributed by atoms with Crippen molar-refractivity contribution in [3.05, 3.63) is 58.0 Å². The van der Waals surface area contributed by atoms with Crippen LogP contribution < -0.4 is 0 Å². The van der Waals surface area contributed by atoms with Crippen LogP contribution in [-0.2, 0) is 17.6 Å². The zero-order chi connectivity index (χ0) is 19.7. The van der Waals surface area contributed by atoms with Gasteiger partial charge in [-0.25, -0.2) is 9.79 Å². The number of carbonyl (C=O) groups excluding carboxylic acids is 1. The lowest BCUT2D eigenvalue weighted by atomic mass is 9.88. The normalized spacial score (nSPS) is 16.4. The SMILES string of the molecule is CCOC(=O)c1c(N=Cc2c(O)ccc3ccccc23)sc2c1CC[C@@H](C)C2. The number of hydrogen-bond donors (Lipinski definition) is 1. The third-order valence-electron chi connectivity index (χ3n) is 5.23. The number of carbonyl (C=O) groups is 1. The molecule has 1 aromatic heterocycles. The van der Waals surface area contributed by atoms with Crippen LogP contribution >= 0.6 is 11.3 Å². The number of aliphatic imine (C=N–C) groups is 1. The number of nitrogens with zero attached hydrogens (tertiary/aromatic N) is 1. The highest BCUT2D eigenvalue weighted by Crippen LogP contribution is 2.41. The number of rotatable bonds is 4. The number of benzene rings is 2. The summed E-state index contributed by atoms with van der Waals surface area (Å²) in [7, 11) is 0. The number of ether oxygens (including phenoxy) is 1. The maximum Gasteiger partial charge on any atom is 0.341 e. The van der Waals surface area contributed by atoms with Crippen molar-refractivity contribution in [1.82, 2.24) is 0 Å². The van der Waals surface area contributed by atoms with Crippen LogP contribution in [0.25, 0.3) is 10.8 Å². The monoisotopic (exact) mass is 393 g/mol. The first-order chi connectivity index (χ1) is 13.6. The predicted octanol–water partition coefficient (Wildman–Crippen LogP) is 5.66. The van der Waals surface area contributed by atoms with E-state index in [4.69, 9.17) is 4.74 Å². The molecule has 0 spiro atoms. The lowest BCUT2D eigenvalue weighted by Crippen LogP contribution is -2.13. The molecule has 0 amide bonds. The Hall–Kier alpha value is -2.66. The molecule has 4 nitrogen and oxygen atoms in total. The minimum absolute atomic E-state index is 0.176. The van der Waals surface area contributed by atoms with E-state index in [1.54, 1.807) is 23.6 Å². The van der Waals surface area contributed by atoms with Gasteiger partial charge in [0.1, 0.15) is 10.8 Å². The molecule has 2 aromatic carbocycles. The minimum Gasteiger partial charge on any atom is -0.507 e. The van der Waals surface area contributed by atoms with Crippen LogP contribution in [0.4, 0.5) is 5.00 Å². The summed E-state index contributed by atoms with van der Waals surface area (Å²) in [5, 5.41) is 13.0. The quantitative estimate of drug-likeness (QED) is 0.460. The molecule has 0 unspecified atom stereocenters. The highest BCUT2D eigenvalue weighted by atomic mass is 32.1. The van der Waals surface area contributed by atoms with Gasteiger partial charge in [0.2, 0.25) is 0 Å². The van der Waals surface area contributed by atoms with Gasteiger partial charge in [-0.2, -0.15) is 0 Å². The van der Waals surface area contributed by atoms with E-state index >= 15 is 0 Å². The molecule has 28 heavy (non-hydrogen) atoms. The van der Waals surface area contributed by atoms with Crippen LogP contribution in [0, 0.1) is 5.92 Å². The maximum atomic E-state index is 12.6. The van der Waals surface area contributed by atoms with Crippen LogP contribution in [0.1, 0.15) is 46.6 Å². The third-order valence-corrected chi connectivity index (χ3v) is 6.39. The van der Waals surface area contributed by atoms with Crippen molar-refractivity contribution in [3.63, 3.8) is 0 Å². The highest BCUT2D eigenvalue weighted by Gasteiger charge is 2.28. The molecule has 1 atom stereocenters. The first kappa shape index (κ1) is 18.7. The second kappa shape index (κ2) is 7.76. The number of thiophene rings is 1. The Morgan fingerprint density at radius 2 is 2.14 bits per heavy atom. The summed E-state index contributed by atoms with van der Waals surface area (Å²) >= 11 is 1.57. The van der Waals surface area contributed by atoms with Crippen molar-refractivity contribution in [3.8, 4) is 5.75 Å². The number of fused-ring (bicyclic) bond motifs is 2. The van der Waals surface area contributed by atoms with Gasteiger partial charge >= 0.3 is 5.97 Å². The summed E-state index contributed by atoms with van der Waals surface area (Å²) in [4.78, 5) is 18.5. The van der Waals surface area contributed by atoms with Gasteiger partial charge in [0.25, 0.3) is 0 Å². The topological polar surface area (TPSA) is 58.9 Å². The average Bonchev–Trinajstić information content (AvgIpc) is 3.04. The van der Waals surface area contributed by atoms with E-state index in [1.807, 2.05) is 37.3 Å². The Labute approximate surface area is 168 Å². The maximum absolute atomic E-state index is 12.6. The van der Waals surface area contributed by atoms with Gasteiger partial charge in [-0.05, 0) is 54.5 Å².